The van der Waals surface area contributed by atoms with Crippen LogP contribution in [0.5, 0.6) is 5.75 Å². The minimum Gasteiger partial charge on any atom is -0.435 e. The zero-order valence-corrected chi connectivity index (χ0v) is 12.1. The zero-order valence-electron chi connectivity index (χ0n) is 12.1. The summed E-state index contributed by atoms with van der Waals surface area (Å²) in [5.74, 6) is 0.0493. The number of benzene rings is 1. The minimum atomic E-state index is -2.86. The van der Waals surface area contributed by atoms with Crippen molar-refractivity contribution in [1.29, 1.82) is 0 Å². The molecule has 2 amide bonds. The van der Waals surface area contributed by atoms with Gasteiger partial charge in [-0.25, -0.2) is 4.79 Å². The number of anilines is 1. The summed E-state index contributed by atoms with van der Waals surface area (Å²) in [5, 5.41) is 5.37. The van der Waals surface area contributed by atoms with Crippen LogP contribution in [0.4, 0.5) is 19.3 Å². The number of urea groups is 1. The van der Waals surface area contributed by atoms with E-state index < -0.39 is 6.61 Å². The topological polar surface area (TPSA) is 62.8 Å². The van der Waals surface area contributed by atoms with E-state index in [1.165, 1.54) is 24.3 Å². The van der Waals surface area contributed by atoms with Gasteiger partial charge in [0.15, 0.2) is 0 Å². The van der Waals surface area contributed by atoms with Crippen LogP contribution < -0.4 is 15.4 Å². The number of hydrogen-bond acceptors (Lipinski definition) is 4. The highest BCUT2D eigenvalue weighted by atomic mass is 19.3. The third-order valence-corrected chi connectivity index (χ3v) is 3.15. The Balaban J connectivity index is 1.67. The third-order valence-electron chi connectivity index (χ3n) is 3.15. The highest BCUT2D eigenvalue weighted by Gasteiger charge is 2.10. The van der Waals surface area contributed by atoms with E-state index in [-0.39, 0.29) is 11.8 Å². The van der Waals surface area contributed by atoms with Gasteiger partial charge in [0.25, 0.3) is 0 Å². The normalized spacial score (nSPS) is 15.6. The number of rotatable bonds is 6. The van der Waals surface area contributed by atoms with E-state index >= 15 is 0 Å². The van der Waals surface area contributed by atoms with E-state index in [0.29, 0.717) is 12.2 Å². The number of hydrogen-bond donors (Lipinski definition) is 2. The lowest BCUT2D eigenvalue weighted by atomic mass is 10.3. The lowest BCUT2D eigenvalue weighted by molar-refractivity contribution is -0.0498. The molecule has 1 aromatic carbocycles. The number of morpholine rings is 1. The molecule has 1 aromatic rings. The minimum absolute atomic E-state index is 0.0493. The van der Waals surface area contributed by atoms with Gasteiger partial charge in [-0.2, -0.15) is 8.78 Å². The molecule has 8 heteroatoms. The number of carbonyl (C=O) groups excluding carboxylic acids is 1. The maximum absolute atomic E-state index is 12.0. The largest absolute Gasteiger partial charge is 0.435 e. The van der Waals surface area contributed by atoms with Gasteiger partial charge in [0.05, 0.1) is 13.2 Å². The lowest BCUT2D eigenvalue weighted by Gasteiger charge is -2.26. The molecule has 0 atom stereocenters. The third kappa shape index (κ3) is 5.82. The fourth-order valence-electron chi connectivity index (χ4n) is 2.05. The lowest BCUT2D eigenvalue weighted by Crippen LogP contribution is -2.42. The van der Waals surface area contributed by atoms with Crippen molar-refractivity contribution < 1.29 is 23.0 Å². The molecule has 0 unspecified atom stereocenters. The molecule has 0 spiro atoms. The monoisotopic (exact) mass is 315 g/mol. The van der Waals surface area contributed by atoms with Crippen molar-refractivity contribution in [2.24, 2.45) is 0 Å². The number of alkyl halides is 2. The van der Waals surface area contributed by atoms with Gasteiger partial charge in [-0.05, 0) is 24.3 Å². The SMILES string of the molecule is O=C(NCCN1CCOCC1)Nc1ccc(OC(F)F)cc1. The molecular formula is C14H19F2N3O3. The van der Waals surface area contributed by atoms with Crippen LogP contribution in [0, 0.1) is 0 Å². The maximum Gasteiger partial charge on any atom is 0.387 e. The second-order valence-electron chi connectivity index (χ2n) is 4.74. The van der Waals surface area contributed by atoms with Crippen molar-refractivity contribution in [3.05, 3.63) is 24.3 Å². The van der Waals surface area contributed by atoms with Crippen LogP contribution in [0.3, 0.4) is 0 Å². The first-order chi connectivity index (χ1) is 10.6. The summed E-state index contributed by atoms with van der Waals surface area (Å²) in [6.45, 7) is 1.61. The van der Waals surface area contributed by atoms with Crippen LogP contribution in [0.15, 0.2) is 24.3 Å². The quantitative estimate of drug-likeness (QED) is 0.839. The summed E-state index contributed by atoms with van der Waals surface area (Å²) in [7, 11) is 0. The van der Waals surface area contributed by atoms with E-state index in [1.807, 2.05) is 0 Å². The predicted molar refractivity (Wildman–Crippen MR) is 77.4 cm³/mol. The van der Waals surface area contributed by atoms with Gasteiger partial charge in [-0.1, -0.05) is 0 Å². The molecule has 0 radical (unpaired) electrons. The van der Waals surface area contributed by atoms with Crippen molar-refractivity contribution in [2.75, 3.05) is 44.7 Å². The van der Waals surface area contributed by atoms with Gasteiger partial charge >= 0.3 is 12.6 Å². The van der Waals surface area contributed by atoms with Gasteiger partial charge < -0.3 is 20.1 Å². The number of amides is 2. The molecule has 0 saturated carbocycles. The van der Waals surface area contributed by atoms with Crippen molar-refractivity contribution in [3.63, 3.8) is 0 Å². The molecule has 1 fully saturated rings. The Hall–Kier alpha value is -1.93. The summed E-state index contributed by atoms with van der Waals surface area (Å²) >= 11 is 0. The summed E-state index contributed by atoms with van der Waals surface area (Å²) in [4.78, 5) is 13.9. The molecular weight excluding hydrogens is 296 g/mol. The second kappa shape index (κ2) is 8.50. The van der Waals surface area contributed by atoms with Gasteiger partial charge in [0, 0.05) is 31.9 Å². The van der Waals surface area contributed by atoms with Crippen LogP contribution in [-0.4, -0.2) is 56.9 Å². The van der Waals surface area contributed by atoms with E-state index in [2.05, 4.69) is 20.3 Å². The molecule has 0 aliphatic carbocycles. The predicted octanol–water partition coefficient (Wildman–Crippen LogP) is 1.74. The molecule has 122 valence electrons. The molecule has 1 aliphatic heterocycles. The number of ether oxygens (including phenoxy) is 2. The summed E-state index contributed by atoms with van der Waals surface area (Å²) in [6.07, 6.45) is 0. The molecule has 1 heterocycles. The number of carbonyl (C=O) groups is 1. The summed E-state index contributed by atoms with van der Waals surface area (Å²) in [6, 6.07) is 5.40. The van der Waals surface area contributed by atoms with Gasteiger partial charge in [0.2, 0.25) is 0 Å². The summed E-state index contributed by atoms with van der Waals surface area (Å²) < 4.78 is 33.5. The van der Waals surface area contributed by atoms with Crippen molar-refractivity contribution in [2.45, 2.75) is 6.61 Å². The molecule has 1 saturated heterocycles. The van der Waals surface area contributed by atoms with Crippen molar-refractivity contribution in [3.8, 4) is 5.75 Å². The summed E-state index contributed by atoms with van der Waals surface area (Å²) in [5.41, 5.74) is 0.505. The smallest absolute Gasteiger partial charge is 0.387 e. The average molecular weight is 315 g/mol. The first-order valence-corrected chi connectivity index (χ1v) is 7.03. The van der Waals surface area contributed by atoms with Crippen LogP contribution in [0.25, 0.3) is 0 Å². The number of nitrogens with one attached hydrogen (secondary N) is 2. The Labute approximate surface area is 127 Å². The maximum atomic E-state index is 12.0. The molecule has 2 rings (SSSR count). The Kier molecular flexibility index (Phi) is 6.35. The number of halogens is 2. The molecule has 2 N–H and O–H groups in total. The highest BCUT2D eigenvalue weighted by molar-refractivity contribution is 5.89. The standard InChI is InChI=1S/C14H19F2N3O3/c15-13(16)22-12-3-1-11(2-4-12)18-14(20)17-5-6-19-7-9-21-10-8-19/h1-4,13H,5-10H2,(H2,17,18,20). The van der Waals surface area contributed by atoms with E-state index in [4.69, 9.17) is 4.74 Å². The molecule has 0 aromatic heterocycles. The Bertz CT molecular complexity index is 465. The molecule has 22 heavy (non-hydrogen) atoms. The van der Waals surface area contributed by atoms with Crippen molar-refractivity contribution in [1.82, 2.24) is 10.2 Å². The highest BCUT2D eigenvalue weighted by Crippen LogP contribution is 2.17. The van der Waals surface area contributed by atoms with E-state index in [1.54, 1.807) is 0 Å². The van der Waals surface area contributed by atoms with Crippen LogP contribution >= 0.6 is 0 Å². The van der Waals surface area contributed by atoms with Gasteiger partial charge in [-0.3, -0.25) is 4.90 Å². The first-order valence-electron chi connectivity index (χ1n) is 7.03. The number of nitrogens with zero attached hydrogens (tertiary/aromatic N) is 1. The fourth-order valence-corrected chi connectivity index (χ4v) is 2.05. The van der Waals surface area contributed by atoms with Crippen LogP contribution in [0.2, 0.25) is 0 Å². The van der Waals surface area contributed by atoms with Crippen molar-refractivity contribution >= 4 is 11.7 Å². The molecule has 0 bridgehead atoms. The Morgan fingerprint density at radius 3 is 2.59 bits per heavy atom. The molecule has 1 aliphatic rings. The molecule has 6 nitrogen and oxygen atoms in total. The van der Waals surface area contributed by atoms with Crippen LogP contribution in [0.1, 0.15) is 0 Å². The van der Waals surface area contributed by atoms with Crippen LogP contribution in [-0.2, 0) is 4.74 Å². The first kappa shape index (κ1) is 16.4. The zero-order chi connectivity index (χ0) is 15.8. The van der Waals surface area contributed by atoms with E-state index in [0.717, 1.165) is 32.8 Å². The Morgan fingerprint density at radius 1 is 1.27 bits per heavy atom. The average Bonchev–Trinajstić information content (AvgIpc) is 2.50. The second-order valence-corrected chi connectivity index (χ2v) is 4.74. The van der Waals surface area contributed by atoms with Gasteiger partial charge in [-0.15, -0.1) is 0 Å². The Morgan fingerprint density at radius 2 is 1.95 bits per heavy atom. The fraction of sp³-hybridized carbons (Fsp3) is 0.500. The van der Waals surface area contributed by atoms with Gasteiger partial charge in [0.1, 0.15) is 5.75 Å². The van der Waals surface area contributed by atoms with E-state index in [9.17, 15) is 13.6 Å².